The molecule has 16 aromatic rings. The van der Waals surface area contributed by atoms with Crippen molar-refractivity contribution in [3.05, 3.63) is 310 Å². The Morgan fingerprint density at radius 1 is 0.274 bits per heavy atom. The Hall–Kier alpha value is -11.3. The summed E-state index contributed by atoms with van der Waals surface area (Å²) in [5.74, 6) is 0. The van der Waals surface area contributed by atoms with Crippen LogP contribution in [0.5, 0.6) is 0 Å². The van der Waals surface area contributed by atoms with Gasteiger partial charge in [-0.25, -0.2) is 9.97 Å². The normalized spacial score (nSPS) is 11.6. The summed E-state index contributed by atoms with van der Waals surface area (Å²) in [5.41, 5.74) is 22.1. The number of hydrogen-bond acceptors (Lipinski definition) is 4. The van der Waals surface area contributed by atoms with Gasteiger partial charge in [-0.05, 0) is 163 Å². The topological polar surface area (TPSA) is 46.8 Å². The molecule has 0 amide bonds. The van der Waals surface area contributed by atoms with E-state index in [9.17, 15) is 0 Å². The predicted octanol–water partition coefficient (Wildman–Crippen LogP) is 21.1. The molecule has 0 aliphatic heterocycles. The van der Waals surface area contributed by atoms with Gasteiger partial charge in [-0.1, -0.05) is 206 Å². The third-order valence-electron chi connectivity index (χ3n) is 16.6. The Kier molecular flexibility index (Phi) is 11.8. The number of anilines is 3. The quantitative estimate of drug-likeness (QED) is 0.137. The van der Waals surface area contributed by atoms with Gasteiger partial charge in [0, 0.05) is 50.5 Å². The molecule has 0 fully saturated rings. The van der Waals surface area contributed by atoms with E-state index < -0.39 is 0 Å². The van der Waals surface area contributed by atoms with Gasteiger partial charge in [-0.3, -0.25) is 4.98 Å². The van der Waals surface area contributed by atoms with Crippen LogP contribution in [0.15, 0.2) is 310 Å². The minimum Gasteiger partial charge on any atom is -0.309 e. The molecule has 5 nitrogen and oxygen atoms in total. The molecule has 3 aromatic heterocycles. The minimum absolute atomic E-state index is 0.837. The highest BCUT2D eigenvalue weighted by molar-refractivity contribution is 6.12. The van der Waals surface area contributed by atoms with E-state index in [1.54, 1.807) is 0 Å². The molecule has 84 heavy (non-hydrogen) atoms. The Morgan fingerprint density at radius 2 is 0.679 bits per heavy atom. The molecule has 3 heterocycles. The maximum atomic E-state index is 5.22. The fourth-order valence-corrected chi connectivity index (χ4v) is 12.3. The summed E-state index contributed by atoms with van der Waals surface area (Å²) < 4.78 is 2.42. The van der Waals surface area contributed by atoms with E-state index in [1.807, 2.05) is 42.6 Å². The van der Waals surface area contributed by atoms with E-state index in [1.165, 1.54) is 76.8 Å². The van der Waals surface area contributed by atoms with Gasteiger partial charge in [0.05, 0.1) is 44.7 Å². The lowest BCUT2D eigenvalue weighted by Gasteiger charge is -2.27. The first kappa shape index (κ1) is 48.6. The van der Waals surface area contributed by atoms with E-state index in [-0.39, 0.29) is 0 Å². The number of para-hydroxylation sites is 3. The second kappa shape index (κ2) is 20.4. The fraction of sp³-hybridized carbons (Fsp3) is 0. The van der Waals surface area contributed by atoms with Gasteiger partial charge in [0.2, 0.25) is 0 Å². The average molecular weight is 1070 g/mol. The van der Waals surface area contributed by atoms with Gasteiger partial charge in [0.25, 0.3) is 0 Å². The van der Waals surface area contributed by atoms with Crippen molar-refractivity contribution >= 4 is 82.3 Å². The van der Waals surface area contributed by atoms with Crippen LogP contribution in [-0.2, 0) is 0 Å². The molecule has 0 N–H and O–H groups in total. The van der Waals surface area contributed by atoms with Crippen LogP contribution in [0.25, 0.3) is 138 Å². The third kappa shape index (κ3) is 8.71. The van der Waals surface area contributed by atoms with E-state index in [2.05, 4.69) is 276 Å². The van der Waals surface area contributed by atoms with E-state index in [0.717, 1.165) is 78.2 Å². The molecule has 16 rings (SSSR count). The molecule has 0 aliphatic carbocycles. The number of aromatic nitrogens is 4. The number of fused-ring (bicyclic) bond motifs is 7. The molecule has 0 saturated heterocycles. The molecule has 5 heteroatoms. The van der Waals surface area contributed by atoms with Gasteiger partial charge in [-0.2, -0.15) is 0 Å². The molecule has 13 aromatic carbocycles. The molecule has 0 spiro atoms. The maximum absolute atomic E-state index is 5.22. The van der Waals surface area contributed by atoms with Gasteiger partial charge >= 0.3 is 0 Å². The van der Waals surface area contributed by atoms with Crippen LogP contribution in [0, 0.1) is 0 Å². The first-order valence-corrected chi connectivity index (χ1v) is 28.5. The Morgan fingerprint density at radius 3 is 1.21 bits per heavy atom. The third-order valence-corrected chi connectivity index (χ3v) is 16.6. The van der Waals surface area contributed by atoms with Crippen molar-refractivity contribution in [2.45, 2.75) is 0 Å². The van der Waals surface area contributed by atoms with Crippen LogP contribution in [0.4, 0.5) is 17.1 Å². The summed E-state index contributed by atoms with van der Waals surface area (Å²) in [4.78, 5) is 17.7. The molecule has 0 saturated carbocycles. The molecule has 392 valence electrons. The predicted molar refractivity (Wildman–Crippen MR) is 351 cm³/mol. The lowest BCUT2D eigenvalue weighted by molar-refractivity contribution is 1.17. The average Bonchev–Trinajstić information content (AvgIpc) is 3.10. The first-order valence-electron chi connectivity index (χ1n) is 28.5. The number of nitrogens with zero attached hydrogens (tertiary/aromatic N) is 5. The highest BCUT2D eigenvalue weighted by Gasteiger charge is 2.21. The summed E-state index contributed by atoms with van der Waals surface area (Å²) in [5, 5.41) is 8.43. The smallest absolute Gasteiger partial charge is 0.0973 e. The van der Waals surface area contributed by atoms with Crippen LogP contribution in [0.3, 0.4) is 0 Å². The van der Waals surface area contributed by atoms with Crippen LogP contribution in [0.1, 0.15) is 0 Å². The molecule has 0 unspecified atom stereocenters. The Labute approximate surface area is 486 Å². The number of benzene rings is 13. The zero-order valence-corrected chi connectivity index (χ0v) is 45.7. The zero-order valence-electron chi connectivity index (χ0n) is 45.7. The minimum atomic E-state index is 0.837. The maximum Gasteiger partial charge on any atom is 0.0973 e. The summed E-state index contributed by atoms with van der Waals surface area (Å²) in [6, 6.07) is 109. The summed E-state index contributed by atoms with van der Waals surface area (Å²) in [6.07, 6.45) is 1.88. The van der Waals surface area contributed by atoms with Gasteiger partial charge < -0.3 is 9.47 Å². The number of rotatable bonds is 10. The highest BCUT2D eigenvalue weighted by Crippen LogP contribution is 2.43. The second-order valence-corrected chi connectivity index (χ2v) is 21.6. The highest BCUT2D eigenvalue weighted by atomic mass is 15.1. The summed E-state index contributed by atoms with van der Waals surface area (Å²) in [6.45, 7) is 0. The van der Waals surface area contributed by atoms with Crippen molar-refractivity contribution < 1.29 is 0 Å². The van der Waals surface area contributed by atoms with E-state index in [4.69, 9.17) is 15.0 Å². The lowest BCUT2D eigenvalue weighted by atomic mass is 9.96. The van der Waals surface area contributed by atoms with Crippen LogP contribution < -0.4 is 4.90 Å². The van der Waals surface area contributed by atoms with Crippen LogP contribution in [-0.4, -0.2) is 19.5 Å². The molecule has 0 bridgehead atoms. The Bertz CT molecular complexity index is 4980. The van der Waals surface area contributed by atoms with Crippen molar-refractivity contribution in [2.75, 3.05) is 4.90 Å². The molecule has 0 atom stereocenters. The molecular formula is C79H51N5. The number of pyridine rings is 1. The van der Waals surface area contributed by atoms with Gasteiger partial charge in [0.15, 0.2) is 0 Å². The Balaban J connectivity index is 0.799. The van der Waals surface area contributed by atoms with Crippen molar-refractivity contribution in [3.8, 4) is 72.7 Å². The standard InChI is InChI=1S/C79H51N5/c1-2-14-59(15-3-1)78-79(82-73-21-9-8-20-72(73)81-78)60-35-39-67(40-36-60)83(76-22-10-18-58-19-11-47-80-77(58)76)68-41-43-69(44-42-68)84-74-45-37-65(56-27-23-54(24-28-56)63-33-31-52-12-4-6-16-61(52)48-63)50-70(74)71-51-66(38-46-75(71)84)57-29-25-55(26-30-57)64-34-32-53-13-5-7-17-62(53)49-64/h1-51H. The second-order valence-electron chi connectivity index (χ2n) is 21.6. The fourth-order valence-electron chi connectivity index (χ4n) is 12.3. The monoisotopic (exact) mass is 1070 g/mol. The molecule has 0 radical (unpaired) electrons. The largest absolute Gasteiger partial charge is 0.309 e. The SMILES string of the molecule is c1ccc(-c2nc3ccccc3nc2-c2ccc(N(c3ccc(-n4c5ccc(-c6ccc(-c7ccc8ccccc8c7)cc6)cc5c5cc(-c6ccc(-c7ccc8ccccc8c7)cc6)ccc54)cc3)c3cccc4cccnc34)cc2)cc1. The van der Waals surface area contributed by atoms with Crippen molar-refractivity contribution in [1.29, 1.82) is 0 Å². The zero-order chi connectivity index (χ0) is 55.5. The van der Waals surface area contributed by atoms with Crippen molar-refractivity contribution in [1.82, 2.24) is 19.5 Å². The van der Waals surface area contributed by atoms with Gasteiger partial charge in [-0.15, -0.1) is 0 Å². The van der Waals surface area contributed by atoms with E-state index in [0.29, 0.717) is 0 Å². The summed E-state index contributed by atoms with van der Waals surface area (Å²) >= 11 is 0. The van der Waals surface area contributed by atoms with Crippen LogP contribution in [0.2, 0.25) is 0 Å². The van der Waals surface area contributed by atoms with E-state index >= 15 is 0 Å². The number of hydrogen-bond donors (Lipinski definition) is 0. The van der Waals surface area contributed by atoms with Crippen LogP contribution >= 0.6 is 0 Å². The molecule has 0 aliphatic rings. The lowest BCUT2D eigenvalue weighted by Crippen LogP contribution is -2.11. The van der Waals surface area contributed by atoms with Gasteiger partial charge in [0.1, 0.15) is 0 Å². The first-order chi connectivity index (χ1) is 41.6. The molecular weight excluding hydrogens is 1020 g/mol. The van der Waals surface area contributed by atoms with Crippen molar-refractivity contribution in [2.24, 2.45) is 0 Å². The van der Waals surface area contributed by atoms with Crippen molar-refractivity contribution in [3.63, 3.8) is 0 Å². The summed E-state index contributed by atoms with van der Waals surface area (Å²) in [7, 11) is 0.